The molecule has 0 aliphatic carbocycles. The summed E-state index contributed by atoms with van der Waals surface area (Å²) in [6.07, 6.45) is 1.74. The SMILES string of the molecule is CC(=NNC(N)=S)c1ncccc1-c1ccccc1. The maximum Gasteiger partial charge on any atom is 0.184 e. The third-order valence-corrected chi connectivity index (χ3v) is 2.66. The molecular weight excluding hydrogens is 256 g/mol. The van der Waals surface area contributed by atoms with Crippen LogP contribution in [0.4, 0.5) is 0 Å². The summed E-state index contributed by atoms with van der Waals surface area (Å²) in [5, 5.41) is 4.25. The highest BCUT2D eigenvalue weighted by Crippen LogP contribution is 2.22. The molecular formula is C14H14N4S. The van der Waals surface area contributed by atoms with Gasteiger partial charge in [0.05, 0.1) is 11.4 Å². The highest BCUT2D eigenvalue weighted by molar-refractivity contribution is 7.80. The van der Waals surface area contributed by atoms with Crippen LogP contribution in [0.2, 0.25) is 0 Å². The molecule has 4 nitrogen and oxygen atoms in total. The molecule has 19 heavy (non-hydrogen) atoms. The maximum absolute atomic E-state index is 5.36. The normalized spacial score (nSPS) is 11.1. The van der Waals surface area contributed by atoms with Crippen molar-refractivity contribution in [2.45, 2.75) is 6.92 Å². The zero-order valence-electron chi connectivity index (χ0n) is 10.5. The van der Waals surface area contributed by atoms with Gasteiger partial charge in [-0.25, -0.2) is 0 Å². The molecule has 0 atom stereocenters. The minimum absolute atomic E-state index is 0.136. The van der Waals surface area contributed by atoms with Crippen molar-refractivity contribution >= 4 is 23.0 Å². The summed E-state index contributed by atoms with van der Waals surface area (Å²) in [6.45, 7) is 1.86. The van der Waals surface area contributed by atoms with Gasteiger partial charge in [-0.2, -0.15) is 5.10 Å². The Kier molecular flexibility index (Phi) is 4.20. The molecule has 1 heterocycles. The van der Waals surface area contributed by atoms with Gasteiger partial charge in [0.25, 0.3) is 0 Å². The molecule has 0 saturated carbocycles. The van der Waals surface area contributed by atoms with Crippen LogP contribution in [0.3, 0.4) is 0 Å². The van der Waals surface area contributed by atoms with Crippen LogP contribution in [-0.4, -0.2) is 15.8 Å². The Labute approximate surface area is 117 Å². The Morgan fingerprint density at radius 3 is 2.63 bits per heavy atom. The highest BCUT2D eigenvalue weighted by atomic mass is 32.1. The average molecular weight is 270 g/mol. The Morgan fingerprint density at radius 2 is 1.95 bits per heavy atom. The summed E-state index contributed by atoms with van der Waals surface area (Å²) in [7, 11) is 0. The minimum Gasteiger partial charge on any atom is -0.375 e. The second-order valence-corrected chi connectivity index (χ2v) is 4.38. The quantitative estimate of drug-likeness (QED) is 0.510. The summed E-state index contributed by atoms with van der Waals surface area (Å²) < 4.78 is 0. The number of thiocarbonyl (C=S) groups is 1. The Balaban J connectivity index is 2.42. The Bertz CT molecular complexity index is 608. The zero-order chi connectivity index (χ0) is 13.7. The summed E-state index contributed by atoms with van der Waals surface area (Å²) in [5.74, 6) is 0. The van der Waals surface area contributed by atoms with E-state index in [1.807, 2.05) is 49.4 Å². The number of hydrogen-bond donors (Lipinski definition) is 2. The van der Waals surface area contributed by atoms with Crippen LogP contribution in [0.25, 0.3) is 11.1 Å². The van der Waals surface area contributed by atoms with Crippen LogP contribution >= 0.6 is 12.2 Å². The van der Waals surface area contributed by atoms with Gasteiger partial charge >= 0.3 is 0 Å². The molecule has 0 spiro atoms. The lowest BCUT2D eigenvalue weighted by molar-refractivity contribution is 1.02. The first kappa shape index (κ1) is 13.2. The molecule has 3 N–H and O–H groups in total. The van der Waals surface area contributed by atoms with Crippen LogP contribution in [0, 0.1) is 0 Å². The lowest BCUT2D eigenvalue weighted by Gasteiger charge is -2.08. The molecule has 0 fully saturated rings. The van der Waals surface area contributed by atoms with Gasteiger partial charge in [-0.15, -0.1) is 0 Å². The lowest BCUT2D eigenvalue weighted by Crippen LogP contribution is -2.25. The molecule has 1 aromatic heterocycles. The molecule has 2 rings (SSSR count). The number of aromatic nitrogens is 1. The molecule has 0 radical (unpaired) electrons. The van der Waals surface area contributed by atoms with E-state index in [9.17, 15) is 0 Å². The fourth-order valence-corrected chi connectivity index (χ4v) is 1.78. The number of pyridine rings is 1. The van der Waals surface area contributed by atoms with Crippen molar-refractivity contribution in [1.82, 2.24) is 10.4 Å². The lowest BCUT2D eigenvalue weighted by atomic mass is 10.0. The van der Waals surface area contributed by atoms with Gasteiger partial charge < -0.3 is 5.73 Å². The molecule has 1 aromatic carbocycles. The third-order valence-electron chi connectivity index (χ3n) is 2.57. The van der Waals surface area contributed by atoms with Crippen molar-refractivity contribution in [3.63, 3.8) is 0 Å². The summed E-state index contributed by atoms with van der Waals surface area (Å²) in [4.78, 5) is 4.38. The van der Waals surface area contributed by atoms with E-state index in [4.69, 9.17) is 18.0 Å². The second-order valence-electron chi connectivity index (χ2n) is 3.94. The number of nitrogens with two attached hydrogens (primary N) is 1. The highest BCUT2D eigenvalue weighted by Gasteiger charge is 2.08. The summed E-state index contributed by atoms with van der Waals surface area (Å²) in [5.41, 5.74) is 11.6. The molecule has 96 valence electrons. The van der Waals surface area contributed by atoms with Crippen molar-refractivity contribution in [1.29, 1.82) is 0 Å². The first-order valence-electron chi connectivity index (χ1n) is 5.79. The largest absolute Gasteiger partial charge is 0.375 e. The van der Waals surface area contributed by atoms with E-state index in [0.717, 1.165) is 22.5 Å². The second kappa shape index (κ2) is 6.06. The topological polar surface area (TPSA) is 63.3 Å². The predicted octanol–water partition coefficient (Wildman–Crippen LogP) is 2.31. The fourth-order valence-electron chi connectivity index (χ4n) is 1.74. The molecule has 2 aromatic rings. The molecule has 5 heteroatoms. The van der Waals surface area contributed by atoms with E-state index in [1.54, 1.807) is 6.20 Å². The number of nitrogens with one attached hydrogen (secondary N) is 1. The first-order chi connectivity index (χ1) is 9.18. The molecule has 0 aliphatic rings. The van der Waals surface area contributed by atoms with Crippen LogP contribution in [-0.2, 0) is 0 Å². The number of benzene rings is 1. The molecule has 0 aliphatic heterocycles. The van der Waals surface area contributed by atoms with Gasteiger partial charge in [0, 0.05) is 11.8 Å². The van der Waals surface area contributed by atoms with Gasteiger partial charge in [0.1, 0.15) is 0 Å². The van der Waals surface area contributed by atoms with E-state index < -0.39 is 0 Å². The number of nitrogens with zero attached hydrogens (tertiary/aromatic N) is 2. The predicted molar refractivity (Wildman–Crippen MR) is 81.8 cm³/mol. The molecule has 0 amide bonds. The van der Waals surface area contributed by atoms with Gasteiger partial charge in [-0.3, -0.25) is 10.4 Å². The maximum atomic E-state index is 5.36. The van der Waals surface area contributed by atoms with Crippen LogP contribution < -0.4 is 11.2 Å². The van der Waals surface area contributed by atoms with E-state index in [0.29, 0.717) is 0 Å². The molecule has 0 unspecified atom stereocenters. The third kappa shape index (κ3) is 3.35. The van der Waals surface area contributed by atoms with Crippen LogP contribution in [0.5, 0.6) is 0 Å². The monoisotopic (exact) mass is 270 g/mol. The number of hydrazone groups is 1. The average Bonchev–Trinajstić information content (AvgIpc) is 2.45. The fraction of sp³-hybridized carbons (Fsp3) is 0.0714. The first-order valence-corrected chi connectivity index (χ1v) is 6.20. The van der Waals surface area contributed by atoms with Crippen molar-refractivity contribution in [2.24, 2.45) is 10.8 Å². The van der Waals surface area contributed by atoms with Gasteiger partial charge in [0.15, 0.2) is 5.11 Å². The van der Waals surface area contributed by atoms with Crippen molar-refractivity contribution in [2.75, 3.05) is 0 Å². The van der Waals surface area contributed by atoms with Gasteiger partial charge in [-0.1, -0.05) is 36.4 Å². The summed E-state index contributed by atoms with van der Waals surface area (Å²) in [6, 6.07) is 14.0. The molecule has 0 bridgehead atoms. The number of hydrogen-bond acceptors (Lipinski definition) is 3. The van der Waals surface area contributed by atoms with Crippen molar-refractivity contribution in [3.05, 3.63) is 54.4 Å². The zero-order valence-corrected chi connectivity index (χ0v) is 11.3. The Hall–Kier alpha value is -2.27. The van der Waals surface area contributed by atoms with Crippen LogP contribution in [0.15, 0.2) is 53.8 Å². The van der Waals surface area contributed by atoms with E-state index >= 15 is 0 Å². The Morgan fingerprint density at radius 1 is 1.21 bits per heavy atom. The van der Waals surface area contributed by atoms with Gasteiger partial charge in [0.2, 0.25) is 0 Å². The standard InChI is InChI=1S/C14H14N4S/c1-10(17-18-14(15)19)13-12(8-5-9-16-13)11-6-3-2-4-7-11/h2-9H,1H3,(H3,15,18,19). The van der Waals surface area contributed by atoms with Crippen molar-refractivity contribution < 1.29 is 0 Å². The number of rotatable bonds is 3. The summed E-state index contributed by atoms with van der Waals surface area (Å²) >= 11 is 4.73. The minimum atomic E-state index is 0.136. The van der Waals surface area contributed by atoms with Gasteiger partial charge in [-0.05, 0) is 30.8 Å². The smallest absolute Gasteiger partial charge is 0.184 e. The van der Waals surface area contributed by atoms with E-state index in [2.05, 4.69) is 15.5 Å². The van der Waals surface area contributed by atoms with Crippen LogP contribution in [0.1, 0.15) is 12.6 Å². The van der Waals surface area contributed by atoms with Crippen molar-refractivity contribution in [3.8, 4) is 11.1 Å². The van der Waals surface area contributed by atoms with E-state index in [1.165, 1.54) is 0 Å². The van der Waals surface area contributed by atoms with E-state index in [-0.39, 0.29) is 5.11 Å². The molecule has 0 saturated heterocycles.